The van der Waals surface area contributed by atoms with Gasteiger partial charge >= 0.3 is 6.18 Å². The Balaban J connectivity index is 1.58. The summed E-state index contributed by atoms with van der Waals surface area (Å²) in [5.41, 5.74) is -2.32. The predicted molar refractivity (Wildman–Crippen MR) is 106 cm³/mol. The maximum atomic E-state index is 13.8. The SMILES string of the molecule is O=C(Nc1nccs1)C1CCCN(C(=O)c2nnn(-c3ccc(F)cc3)c2C(F)(F)F)C1. The van der Waals surface area contributed by atoms with Crippen molar-refractivity contribution in [3.63, 3.8) is 0 Å². The average Bonchev–Trinajstić information content (AvgIpc) is 3.43. The van der Waals surface area contributed by atoms with Gasteiger partial charge < -0.3 is 10.2 Å². The molecule has 1 atom stereocenters. The molecule has 0 spiro atoms. The first-order valence-electron chi connectivity index (χ1n) is 9.52. The molecule has 2 amide bonds. The van der Waals surface area contributed by atoms with Gasteiger partial charge in [0.1, 0.15) is 5.82 Å². The molecule has 0 saturated carbocycles. The Labute approximate surface area is 182 Å². The summed E-state index contributed by atoms with van der Waals surface area (Å²) in [7, 11) is 0. The zero-order valence-corrected chi connectivity index (χ0v) is 17.2. The molecule has 8 nitrogen and oxygen atoms in total. The van der Waals surface area contributed by atoms with Crippen LogP contribution in [0.2, 0.25) is 0 Å². The van der Waals surface area contributed by atoms with Gasteiger partial charge in [0.25, 0.3) is 5.91 Å². The van der Waals surface area contributed by atoms with Crippen molar-refractivity contribution in [1.29, 1.82) is 0 Å². The lowest BCUT2D eigenvalue weighted by Crippen LogP contribution is -2.44. The molecule has 3 heterocycles. The first-order chi connectivity index (χ1) is 15.2. The van der Waals surface area contributed by atoms with Crippen molar-refractivity contribution in [3.8, 4) is 5.69 Å². The number of thiazole rings is 1. The van der Waals surface area contributed by atoms with E-state index in [2.05, 4.69) is 20.6 Å². The lowest BCUT2D eigenvalue weighted by Gasteiger charge is -2.31. The second kappa shape index (κ2) is 8.65. The van der Waals surface area contributed by atoms with Crippen LogP contribution in [0.1, 0.15) is 29.0 Å². The summed E-state index contributed by atoms with van der Waals surface area (Å²) in [6, 6.07) is 4.17. The van der Waals surface area contributed by atoms with E-state index in [0.29, 0.717) is 22.7 Å². The van der Waals surface area contributed by atoms with E-state index in [0.717, 1.165) is 24.3 Å². The normalized spacial score (nSPS) is 16.8. The third-order valence-corrected chi connectivity index (χ3v) is 5.64. The highest BCUT2D eigenvalue weighted by atomic mass is 32.1. The number of rotatable bonds is 4. The van der Waals surface area contributed by atoms with E-state index < -0.39 is 35.2 Å². The quantitative estimate of drug-likeness (QED) is 0.593. The number of carbonyl (C=O) groups excluding carboxylic acids is 2. The number of amides is 2. The maximum Gasteiger partial charge on any atom is 0.435 e. The van der Waals surface area contributed by atoms with E-state index in [4.69, 9.17) is 0 Å². The molecule has 1 unspecified atom stereocenters. The maximum absolute atomic E-state index is 13.8. The van der Waals surface area contributed by atoms with E-state index in [1.165, 1.54) is 22.4 Å². The van der Waals surface area contributed by atoms with Crippen molar-refractivity contribution in [2.75, 3.05) is 18.4 Å². The molecule has 0 aliphatic carbocycles. The zero-order chi connectivity index (χ0) is 22.9. The van der Waals surface area contributed by atoms with Gasteiger partial charge in [-0.3, -0.25) is 9.59 Å². The third-order valence-electron chi connectivity index (χ3n) is 4.95. The summed E-state index contributed by atoms with van der Waals surface area (Å²) >= 11 is 1.23. The van der Waals surface area contributed by atoms with Crippen LogP contribution in [0.3, 0.4) is 0 Å². The number of carbonyl (C=O) groups is 2. The van der Waals surface area contributed by atoms with Crippen LogP contribution in [0.25, 0.3) is 5.69 Å². The summed E-state index contributed by atoms with van der Waals surface area (Å²) in [6.07, 6.45) is -2.50. The molecule has 1 fully saturated rings. The number of alkyl halides is 3. The molecule has 0 radical (unpaired) electrons. The third kappa shape index (κ3) is 4.47. The highest BCUT2D eigenvalue weighted by Gasteiger charge is 2.43. The van der Waals surface area contributed by atoms with Gasteiger partial charge in [-0.05, 0) is 37.1 Å². The number of likely N-dealkylation sites (tertiary alicyclic amines) is 1. The number of hydrogen-bond acceptors (Lipinski definition) is 6. The van der Waals surface area contributed by atoms with Gasteiger partial charge in [-0.15, -0.1) is 16.4 Å². The highest BCUT2D eigenvalue weighted by molar-refractivity contribution is 7.13. The molecule has 1 saturated heterocycles. The molecular formula is C19H16F4N6O2S. The molecule has 1 aliphatic rings. The van der Waals surface area contributed by atoms with Crippen molar-refractivity contribution in [2.24, 2.45) is 5.92 Å². The van der Waals surface area contributed by atoms with Crippen LogP contribution in [0, 0.1) is 11.7 Å². The number of hydrogen-bond donors (Lipinski definition) is 1. The Morgan fingerprint density at radius 1 is 1.19 bits per heavy atom. The van der Waals surface area contributed by atoms with Gasteiger partial charge in [0.15, 0.2) is 16.5 Å². The van der Waals surface area contributed by atoms with Crippen molar-refractivity contribution < 1.29 is 27.2 Å². The van der Waals surface area contributed by atoms with Gasteiger partial charge in [-0.2, -0.15) is 13.2 Å². The summed E-state index contributed by atoms with van der Waals surface area (Å²) in [5.74, 6) is -2.56. The van der Waals surface area contributed by atoms with E-state index in [9.17, 15) is 27.2 Å². The number of halogens is 4. The fourth-order valence-corrected chi connectivity index (χ4v) is 3.99. The molecule has 0 bridgehead atoms. The largest absolute Gasteiger partial charge is 0.435 e. The molecule has 1 N–H and O–H groups in total. The number of anilines is 1. The van der Waals surface area contributed by atoms with E-state index >= 15 is 0 Å². The Morgan fingerprint density at radius 3 is 2.59 bits per heavy atom. The standard InChI is InChI=1S/C19H16F4N6O2S/c20-12-3-5-13(6-4-12)29-15(19(21,22)23)14(26-27-29)17(31)28-8-1-2-11(10-28)16(30)25-18-24-7-9-32-18/h3-7,9,11H,1-2,8,10H2,(H,24,25,30). The molecule has 2 aromatic heterocycles. The van der Waals surface area contributed by atoms with Crippen LogP contribution >= 0.6 is 11.3 Å². The van der Waals surface area contributed by atoms with Crippen LogP contribution < -0.4 is 5.32 Å². The monoisotopic (exact) mass is 468 g/mol. The van der Waals surface area contributed by atoms with Gasteiger partial charge in [-0.25, -0.2) is 14.1 Å². The number of aromatic nitrogens is 4. The van der Waals surface area contributed by atoms with Gasteiger partial charge in [0.2, 0.25) is 5.91 Å². The first-order valence-corrected chi connectivity index (χ1v) is 10.4. The second-order valence-electron chi connectivity index (χ2n) is 7.09. The number of nitrogens with zero attached hydrogens (tertiary/aromatic N) is 5. The topological polar surface area (TPSA) is 93.0 Å². The fourth-order valence-electron chi connectivity index (χ4n) is 3.46. The minimum Gasteiger partial charge on any atom is -0.336 e. The van der Waals surface area contributed by atoms with Crippen LogP contribution in [0.4, 0.5) is 22.7 Å². The van der Waals surface area contributed by atoms with Crippen molar-refractivity contribution >= 4 is 28.3 Å². The first kappa shape index (κ1) is 21.9. The summed E-state index contributed by atoms with van der Waals surface area (Å²) in [5, 5.41) is 11.7. The van der Waals surface area contributed by atoms with Crippen LogP contribution in [0.5, 0.6) is 0 Å². The van der Waals surface area contributed by atoms with Gasteiger partial charge in [-0.1, -0.05) is 5.21 Å². The molecule has 13 heteroatoms. The van der Waals surface area contributed by atoms with E-state index in [-0.39, 0.29) is 24.7 Å². The molecule has 32 heavy (non-hydrogen) atoms. The number of nitrogens with one attached hydrogen (secondary N) is 1. The van der Waals surface area contributed by atoms with Gasteiger partial charge in [0.05, 0.1) is 11.6 Å². The van der Waals surface area contributed by atoms with Crippen LogP contribution in [0.15, 0.2) is 35.8 Å². The molecule has 3 aromatic rings. The fraction of sp³-hybridized carbons (Fsp3) is 0.316. The van der Waals surface area contributed by atoms with Crippen molar-refractivity contribution in [3.05, 3.63) is 53.0 Å². The number of piperidine rings is 1. The Morgan fingerprint density at radius 2 is 1.94 bits per heavy atom. The molecule has 168 valence electrons. The minimum absolute atomic E-state index is 0.0588. The lowest BCUT2D eigenvalue weighted by atomic mass is 9.97. The van der Waals surface area contributed by atoms with Crippen LogP contribution in [-0.2, 0) is 11.0 Å². The number of benzene rings is 1. The minimum atomic E-state index is -4.94. The summed E-state index contributed by atoms with van der Waals surface area (Å²) in [6.45, 7) is 0.122. The molecule has 1 aliphatic heterocycles. The Kier molecular flexibility index (Phi) is 5.91. The second-order valence-corrected chi connectivity index (χ2v) is 7.98. The summed E-state index contributed by atoms with van der Waals surface area (Å²) < 4.78 is 55.1. The van der Waals surface area contributed by atoms with E-state index in [1.54, 1.807) is 5.38 Å². The smallest absolute Gasteiger partial charge is 0.336 e. The van der Waals surface area contributed by atoms with Crippen molar-refractivity contribution in [2.45, 2.75) is 19.0 Å². The average molecular weight is 468 g/mol. The molecule has 4 rings (SSSR count). The summed E-state index contributed by atoms with van der Waals surface area (Å²) in [4.78, 5) is 30.6. The predicted octanol–water partition coefficient (Wildman–Crippen LogP) is 3.37. The zero-order valence-electron chi connectivity index (χ0n) is 16.3. The van der Waals surface area contributed by atoms with Gasteiger partial charge in [0, 0.05) is 24.7 Å². The Hall–Kier alpha value is -3.35. The molecular weight excluding hydrogens is 452 g/mol. The molecule has 1 aromatic carbocycles. The van der Waals surface area contributed by atoms with E-state index in [1.807, 2.05) is 0 Å². The Bertz CT molecular complexity index is 1110. The van der Waals surface area contributed by atoms with Crippen LogP contribution in [-0.4, -0.2) is 49.8 Å². The van der Waals surface area contributed by atoms with Crippen molar-refractivity contribution in [1.82, 2.24) is 24.9 Å². The lowest BCUT2D eigenvalue weighted by molar-refractivity contribution is -0.143. The highest BCUT2D eigenvalue weighted by Crippen LogP contribution is 2.34.